The molecule has 0 aliphatic heterocycles. The van der Waals surface area contributed by atoms with E-state index in [1.165, 1.54) is 14.0 Å². The molecular weight excluding hydrogens is 330 g/mol. The van der Waals surface area contributed by atoms with Gasteiger partial charge in [-0.25, -0.2) is 0 Å². The number of anilines is 1. The summed E-state index contributed by atoms with van der Waals surface area (Å²) in [6.07, 6.45) is -0.729. The van der Waals surface area contributed by atoms with Crippen molar-refractivity contribution in [2.75, 3.05) is 12.4 Å². The minimum atomic E-state index is -0.729. The van der Waals surface area contributed by atoms with Gasteiger partial charge in [0.25, 0.3) is 5.91 Å². The van der Waals surface area contributed by atoms with Crippen LogP contribution < -0.4 is 14.8 Å². The highest BCUT2D eigenvalue weighted by Crippen LogP contribution is 2.29. The van der Waals surface area contributed by atoms with Crippen molar-refractivity contribution < 1.29 is 19.1 Å². The third-order valence-corrected chi connectivity index (χ3v) is 4.17. The summed E-state index contributed by atoms with van der Waals surface area (Å²) >= 11 is 0. The molecule has 2 rings (SSSR count). The first-order chi connectivity index (χ1) is 12.2. The summed E-state index contributed by atoms with van der Waals surface area (Å²) in [6, 6.07) is 8.95. The van der Waals surface area contributed by atoms with E-state index in [4.69, 9.17) is 9.47 Å². The number of hydrogen-bond acceptors (Lipinski definition) is 4. The van der Waals surface area contributed by atoms with Gasteiger partial charge in [-0.1, -0.05) is 17.7 Å². The second-order valence-electron chi connectivity index (χ2n) is 6.44. The van der Waals surface area contributed by atoms with Crippen molar-refractivity contribution in [3.05, 3.63) is 52.6 Å². The number of carbonyl (C=O) groups is 2. The number of ether oxygens (including phenoxy) is 2. The van der Waals surface area contributed by atoms with E-state index in [1.807, 2.05) is 32.9 Å². The highest BCUT2D eigenvalue weighted by atomic mass is 16.5. The van der Waals surface area contributed by atoms with E-state index in [9.17, 15) is 9.59 Å². The smallest absolute Gasteiger partial charge is 0.265 e. The standard InChI is InChI=1S/C21H25NO4/c1-12-9-13(2)20(14(3)10-12)22-21(24)16(5)26-18-8-7-17(15(4)23)11-19(18)25-6/h7-11,16H,1-6H3,(H,22,24)/t16-/m1/s1. The molecule has 0 fully saturated rings. The zero-order valence-electron chi connectivity index (χ0n) is 16.1. The van der Waals surface area contributed by atoms with Crippen molar-refractivity contribution in [1.82, 2.24) is 0 Å². The Morgan fingerprint density at radius 2 is 1.62 bits per heavy atom. The van der Waals surface area contributed by atoms with E-state index in [1.54, 1.807) is 25.1 Å². The van der Waals surface area contributed by atoms with Crippen LogP contribution in [-0.4, -0.2) is 24.9 Å². The highest BCUT2D eigenvalue weighted by molar-refractivity contribution is 5.96. The molecule has 0 radical (unpaired) electrons. The number of aryl methyl sites for hydroxylation is 3. The Balaban J connectivity index is 2.16. The summed E-state index contributed by atoms with van der Waals surface area (Å²) in [5.41, 5.74) is 4.49. The van der Waals surface area contributed by atoms with Gasteiger partial charge in [0.15, 0.2) is 23.4 Å². The lowest BCUT2D eigenvalue weighted by atomic mass is 10.0. The van der Waals surface area contributed by atoms with Crippen LogP contribution >= 0.6 is 0 Å². The molecular formula is C21H25NO4. The maximum atomic E-state index is 12.5. The molecule has 0 unspecified atom stereocenters. The van der Waals surface area contributed by atoms with E-state index in [0.717, 1.165) is 22.4 Å². The summed E-state index contributed by atoms with van der Waals surface area (Å²) in [4.78, 5) is 24.0. The number of nitrogens with one attached hydrogen (secondary N) is 1. The normalized spacial score (nSPS) is 11.6. The Labute approximate surface area is 154 Å². The number of carbonyl (C=O) groups excluding carboxylic acids is 2. The lowest BCUT2D eigenvalue weighted by Gasteiger charge is -2.19. The predicted octanol–water partition coefficient (Wildman–Crippen LogP) is 4.23. The van der Waals surface area contributed by atoms with Gasteiger partial charge in [-0.3, -0.25) is 9.59 Å². The van der Waals surface area contributed by atoms with Gasteiger partial charge < -0.3 is 14.8 Å². The Morgan fingerprint density at radius 3 is 2.15 bits per heavy atom. The van der Waals surface area contributed by atoms with Crippen LogP contribution in [-0.2, 0) is 4.79 Å². The van der Waals surface area contributed by atoms with Crippen molar-refractivity contribution in [1.29, 1.82) is 0 Å². The van der Waals surface area contributed by atoms with Gasteiger partial charge in [0.2, 0.25) is 0 Å². The van der Waals surface area contributed by atoms with Crippen molar-refractivity contribution in [2.45, 2.75) is 40.7 Å². The second-order valence-corrected chi connectivity index (χ2v) is 6.44. The van der Waals surface area contributed by atoms with Gasteiger partial charge in [0.05, 0.1) is 7.11 Å². The van der Waals surface area contributed by atoms with E-state index in [2.05, 4.69) is 5.32 Å². The number of hydrogen-bond donors (Lipinski definition) is 1. The van der Waals surface area contributed by atoms with E-state index < -0.39 is 6.10 Å². The molecule has 26 heavy (non-hydrogen) atoms. The van der Waals surface area contributed by atoms with Gasteiger partial charge in [-0.15, -0.1) is 0 Å². The zero-order chi connectivity index (χ0) is 19.4. The molecule has 1 atom stereocenters. The molecule has 138 valence electrons. The number of amides is 1. The Kier molecular flexibility index (Phi) is 6.03. The van der Waals surface area contributed by atoms with Gasteiger partial charge in [-0.2, -0.15) is 0 Å². The molecule has 0 aromatic heterocycles. The molecule has 2 aromatic carbocycles. The maximum absolute atomic E-state index is 12.5. The molecule has 1 N–H and O–H groups in total. The average Bonchev–Trinajstić information content (AvgIpc) is 2.57. The molecule has 0 aliphatic carbocycles. The van der Waals surface area contributed by atoms with Gasteiger partial charge in [0.1, 0.15) is 0 Å². The first kappa shape index (κ1) is 19.5. The third-order valence-electron chi connectivity index (χ3n) is 4.17. The van der Waals surface area contributed by atoms with Crippen LogP contribution in [0.4, 0.5) is 5.69 Å². The summed E-state index contributed by atoms with van der Waals surface area (Å²) in [7, 11) is 1.50. The number of methoxy groups -OCH3 is 1. The summed E-state index contributed by atoms with van der Waals surface area (Å²) in [5, 5.41) is 2.93. The average molecular weight is 355 g/mol. The molecule has 2 aromatic rings. The molecule has 0 spiro atoms. The molecule has 0 heterocycles. The molecule has 5 nitrogen and oxygen atoms in total. The predicted molar refractivity (Wildman–Crippen MR) is 102 cm³/mol. The Hall–Kier alpha value is -2.82. The fourth-order valence-corrected chi connectivity index (χ4v) is 2.83. The van der Waals surface area contributed by atoms with Crippen LogP contribution in [0, 0.1) is 20.8 Å². The number of benzene rings is 2. The van der Waals surface area contributed by atoms with E-state index >= 15 is 0 Å². The lowest BCUT2D eigenvalue weighted by molar-refractivity contribution is -0.122. The molecule has 1 amide bonds. The van der Waals surface area contributed by atoms with Crippen LogP contribution in [0.15, 0.2) is 30.3 Å². The molecule has 0 saturated carbocycles. The summed E-state index contributed by atoms with van der Waals surface area (Å²) in [5.74, 6) is 0.515. The Bertz CT molecular complexity index is 819. The van der Waals surface area contributed by atoms with Crippen molar-refractivity contribution in [3.63, 3.8) is 0 Å². The van der Waals surface area contributed by atoms with Crippen LogP contribution in [0.1, 0.15) is 40.9 Å². The third kappa shape index (κ3) is 4.42. The van der Waals surface area contributed by atoms with Crippen molar-refractivity contribution >= 4 is 17.4 Å². The van der Waals surface area contributed by atoms with Crippen molar-refractivity contribution in [3.8, 4) is 11.5 Å². The van der Waals surface area contributed by atoms with Crippen molar-refractivity contribution in [2.24, 2.45) is 0 Å². The van der Waals surface area contributed by atoms with Crippen LogP contribution in [0.25, 0.3) is 0 Å². The minimum Gasteiger partial charge on any atom is -0.493 e. The number of ketones is 1. The van der Waals surface area contributed by atoms with Gasteiger partial charge in [0, 0.05) is 11.3 Å². The van der Waals surface area contributed by atoms with Crippen LogP contribution in [0.3, 0.4) is 0 Å². The summed E-state index contributed by atoms with van der Waals surface area (Å²) in [6.45, 7) is 9.10. The molecule has 0 saturated heterocycles. The fourth-order valence-electron chi connectivity index (χ4n) is 2.83. The number of rotatable bonds is 6. The fraction of sp³-hybridized carbons (Fsp3) is 0.333. The zero-order valence-corrected chi connectivity index (χ0v) is 16.1. The van der Waals surface area contributed by atoms with E-state index in [-0.39, 0.29) is 11.7 Å². The first-order valence-electron chi connectivity index (χ1n) is 8.47. The Morgan fingerprint density at radius 1 is 1.00 bits per heavy atom. The lowest BCUT2D eigenvalue weighted by Crippen LogP contribution is -2.30. The first-order valence-corrected chi connectivity index (χ1v) is 8.47. The molecule has 0 bridgehead atoms. The number of Topliss-reactive ketones (excluding diaryl/α,β-unsaturated/α-hetero) is 1. The quantitative estimate of drug-likeness (QED) is 0.788. The van der Waals surface area contributed by atoms with Crippen LogP contribution in [0.2, 0.25) is 0 Å². The maximum Gasteiger partial charge on any atom is 0.265 e. The monoisotopic (exact) mass is 355 g/mol. The highest BCUT2D eigenvalue weighted by Gasteiger charge is 2.19. The second kappa shape index (κ2) is 8.04. The van der Waals surface area contributed by atoms with E-state index in [0.29, 0.717) is 17.1 Å². The molecule has 5 heteroatoms. The van der Waals surface area contributed by atoms with Gasteiger partial charge >= 0.3 is 0 Å². The van der Waals surface area contributed by atoms with Crippen LogP contribution in [0.5, 0.6) is 11.5 Å². The van der Waals surface area contributed by atoms with Gasteiger partial charge in [-0.05, 0) is 63.9 Å². The molecule has 0 aliphatic rings. The summed E-state index contributed by atoms with van der Waals surface area (Å²) < 4.78 is 11.0. The minimum absolute atomic E-state index is 0.0639. The topological polar surface area (TPSA) is 64.6 Å². The SMILES string of the molecule is COc1cc(C(C)=O)ccc1O[C@H](C)C(=O)Nc1c(C)cc(C)cc1C. The largest absolute Gasteiger partial charge is 0.493 e.